The summed E-state index contributed by atoms with van der Waals surface area (Å²) in [5, 5.41) is 15.6. The minimum Gasteiger partial charge on any atom is -0.481 e. The van der Waals surface area contributed by atoms with Gasteiger partial charge in [-0.25, -0.2) is 4.68 Å². The van der Waals surface area contributed by atoms with Crippen LogP contribution < -0.4 is 5.32 Å². The van der Waals surface area contributed by atoms with Crippen LogP contribution in [0.4, 0.5) is 0 Å². The molecule has 0 spiro atoms. The normalized spacial score (nSPS) is 10.5. The van der Waals surface area contributed by atoms with Crippen LogP contribution in [-0.2, 0) is 4.79 Å². The van der Waals surface area contributed by atoms with Gasteiger partial charge in [0.25, 0.3) is 5.91 Å². The molecule has 0 unspecified atom stereocenters. The summed E-state index contributed by atoms with van der Waals surface area (Å²) in [6.45, 7) is 4.28. The highest BCUT2D eigenvalue weighted by Gasteiger charge is 2.14. The standard InChI is InChI=1S/C16H19N3O3S/c1-11-4-3-5-13(8-11)19-12(2)14(9-18-19)16(22)17-6-7-23-10-15(20)21/h3-5,8-9H,6-7,10H2,1-2H3,(H,17,22)(H,20,21). The number of rotatable bonds is 7. The third kappa shape index (κ3) is 4.59. The lowest BCUT2D eigenvalue weighted by molar-refractivity contribution is -0.133. The van der Waals surface area contributed by atoms with Crippen LogP contribution >= 0.6 is 11.8 Å². The quantitative estimate of drug-likeness (QED) is 0.758. The lowest BCUT2D eigenvalue weighted by Crippen LogP contribution is -2.26. The zero-order valence-electron chi connectivity index (χ0n) is 13.1. The molecule has 6 nitrogen and oxygen atoms in total. The largest absolute Gasteiger partial charge is 0.481 e. The number of carbonyl (C=O) groups is 2. The highest BCUT2D eigenvalue weighted by atomic mass is 32.2. The fraction of sp³-hybridized carbons (Fsp3) is 0.312. The van der Waals surface area contributed by atoms with Gasteiger partial charge in [0.1, 0.15) is 0 Å². The molecule has 1 aromatic carbocycles. The Hall–Kier alpha value is -2.28. The van der Waals surface area contributed by atoms with Crippen molar-refractivity contribution in [3.05, 3.63) is 47.3 Å². The fourth-order valence-corrected chi connectivity index (χ4v) is 2.71. The smallest absolute Gasteiger partial charge is 0.313 e. The first-order chi connectivity index (χ1) is 11.0. The third-order valence-electron chi connectivity index (χ3n) is 3.26. The SMILES string of the molecule is Cc1cccc(-n2ncc(C(=O)NCCSCC(=O)O)c2C)c1. The van der Waals surface area contributed by atoms with Crippen LogP contribution in [-0.4, -0.2) is 44.8 Å². The molecule has 0 aliphatic rings. The second kappa shape index (κ2) is 7.82. The summed E-state index contributed by atoms with van der Waals surface area (Å²) in [7, 11) is 0. The summed E-state index contributed by atoms with van der Waals surface area (Å²) in [5.41, 5.74) is 3.33. The number of hydrogen-bond donors (Lipinski definition) is 2. The molecule has 0 fully saturated rings. The summed E-state index contributed by atoms with van der Waals surface area (Å²) < 4.78 is 1.74. The van der Waals surface area contributed by atoms with Gasteiger partial charge in [-0.2, -0.15) is 5.10 Å². The number of nitrogens with one attached hydrogen (secondary N) is 1. The molecule has 0 saturated carbocycles. The highest BCUT2D eigenvalue weighted by Crippen LogP contribution is 2.15. The first kappa shape index (κ1) is 17.1. The van der Waals surface area contributed by atoms with Crippen molar-refractivity contribution in [1.82, 2.24) is 15.1 Å². The summed E-state index contributed by atoms with van der Waals surface area (Å²) in [6.07, 6.45) is 1.55. The second-order valence-corrected chi connectivity index (χ2v) is 6.20. The Morgan fingerprint density at radius 3 is 2.83 bits per heavy atom. The summed E-state index contributed by atoms with van der Waals surface area (Å²) in [5.74, 6) is -0.447. The van der Waals surface area contributed by atoms with Crippen molar-refractivity contribution < 1.29 is 14.7 Å². The van der Waals surface area contributed by atoms with Crippen LogP contribution in [0.1, 0.15) is 21.6 Å². The van der Waals surface area contributed by atoms with Crippen molar-refractivity contribution in [2.45, 2.75) is 13.8 Å². The molecule has 23 heavy (non-hydrogen) atoms. The second-order valence-electron chi connectivity index (χ2n) is 5.10. The van der Waals surface area contributed by atoms with E-state index < -0.39 is 5.97 Å². The molecular weight excluding hydrogens is 314 g/mol. The van der Waals surface area contributed by atoms with Crippen LogP contribution in [0.5, 0.6) is 0 Å². The summed E-state index contributed by atoms with van der Waals surface area (Å²) in [4.78, 5) is 22.6. The number of benzene rings is 1. The zero-order valence-corrected chi connectivity index (χ0v) is 13.9. The molecular formula is C16H19N3O3S. The average Bonchev–Trinajstić information content (AvgIpc) is 2.88. The molecule has 7 heteroatoms. The Morgan fingerprint density at radius 1 is 1.35 bits per heavy atom. The van der Waals surface area contributed by atoms with E-state index in [4.69, 9.17) is 5.11 Å². The Morgan fingerprint density at radius 2 is 2.13 bits per heavy atom. The van der Waals surface area contributed by atoms with E-state index in [9.17, 15) is 9.59 Å². The molecule has 0 saturated heterocycles. The maximum Gasteiger partial charge on any atom is 0.313 e. The van der Waals surface area contributed by atoms with Crippen molar-refractivity contribution in [2.75, 3.05) is 18.1 Å². The number of hydrogen-bond acceptors (Lipinski definition) is 4. The molecule has 0 atom stereocenters. The van der Waals surface area contributed by atoms with E-state index in [1.807, 2.05) is 38.1 Å². The Kier molecular flexibility index (Phi) is 5.81. The number of nitrogens with zero attached hydrogens (tertiary/aromatic N) is 2. The fourth-order valence-electron chi connectivity index (χ4n) is 2.14. The number of thioether (sulfide) groups is 1. The molecule has 0 radical (unpaired) electrons. The number of carboxylic acid groups (broad SMARTS) is 1. The van der Waals surface area contributed by atoms with Gasteiger partial charge in [-0.1, -0.05) is 12.1 Å². The Balaban J connectivity index is 1.98. The van der Waals surface area contributed by atoms with Crippen molar-refractivity contribution >= 4 is 23.6 Å². The van der Waals surface area contributed by atoms with Crippen LogP contribution in [0.15, 0.2) is 30.5 Å². The maximum atomic E-state index is 12.2. The monoisotopic (exact) mass is 333 g/mol. The molecule has 2 N–H and O–H groups in total. The minimum atomic E-state index is -0.850. The average molecular weight is 333 g/mol. The van der Waals surface area contributed by atoms with Gasteiger partial charge in [0, 0.05) is 12.3 Å². The number of aryl methyl sites for hydroxylation is 1. The van der Waals surface area contributed by atoms with E-state index >= 15 is 0 Å². The lowest BCUT2D eigenvalue weighted by Gasteiger charge is -2.07. The minimum absolute atomic E-state index is 0.0419. The molecule has 2 rings (SSSR count). The number of amides is 1. The van der Waals surface area contributed by atoms with Gasteiger partial charge in [0.05, 0.1) is 28.9 Å². The number of carbonyl (C=O) groups excluding carboxylic acids is 1. The Labute approximate surface area is 138 Å². The van der Waals surface area contributed by atoms with E-state index in [1.54, 1.807) is 10.9 Å². The van der Waals surface area contributed by atoms with Crippen molar-refractivity contribution in [1.29, 1.82) is 0 Å². The molecule has 0 bridgehead atoms. The van der Waals surface area contributed by atoms with Crippen molar-refractivity contribution in [3.8, 4) is 5.69 Å². The molecule has 1 aromatic heterocycles. The van der Waals surface area contributed by atoms with Gasteiger partial charge in [0.15, 0.2) is 0 Å². The van der Waals surface area contributed by atoms with E-state index in [0.29, 0.717) is 17.9 Å². The van der Waals surface area contributed by atoms with Crippen LogP contribution in [0, 0.1) is 13.8 Å². The van der Waals surface area contributed by atoms with Gasteiger partial charge in [0.2, 0.25) is 0 Å². The van der Waals surface area contributed by atoms with Gasteiger partial charge < -0.3 is 10.4 Å². The Bertz CT molecular complexity index is 712. The molecule has 122 valence electrons. The first-order valence-corrected chi connectivity index (χ1v) is 8.34. The van der Waals surface area contributed by atoms with Crippen molar-refractivity contribution in [3.63, 3.8) is 0 Å². The molecule has 2 aromatic rings. The summed E-state index contributed by atoms with van der Waals surface area (Å²) in [6, 6.07) is 7.90. The van der Waals surface area contributed by atoms with E-state index in [2.05, 4.69) is 10.4 Å². The first-order valence-electron chi connectivity index (χ1n) is 7.18. The predicted molar refractivity (Wildman–Crippen MR) is 90.3 cm³/mol. The van der Waals surface area contributed by atoms with Crippen molar-refractivity contribution in [2.24, 2.45) is 0 Å². The number of aliphatic carboxylic acids is 1. The summed E-state index contributed by atoms with van der Waals surface area (Å²) >= 11 is 1.27. The number of aromatic nitrogens is 2. The van der Waals surface area contributed by atoms with Gasteiger partial charge in [-0.3, -0.25) is 9.59 Å². The molecule has 0 aliphatic carbocycles. The maximum absolute atomic E-state index is 12.2. The third-order valence-corrected chi connectivity index (χ3v) is 4.20. The molecule has 1 amide bonds. The topological polar surface area (TPSA) is 84.2 Å². The van der Waals surface area contributed by atoms with E-state index in [1.165, 1.54) is 11.8 Å². The lowest BCUT2D eigenvalue weighted by atomic mass is 10.2. The highest BCUT2D eigenvalue weighted by molar-refractivity contribution is 7.99. The van der Waals surface area contributed by atoms with Crippen LogP contribution in [0.25, 0.3) is 5.69 Å². The molecule has 1 heterocycles. The van der Waals surface area contributed by atoms with Gasteiger partial charge in [-0.15, -0.1) is 11.8 Å². The van der Waals surface area contributed by atoms with Crippen LogP contribution in [0.3, 0.4) is 0 Å². The van der Waals surface area contributed by atoms with Crippen LogP contribution in [0.2, 0.25) is 0 Å². The zero-order chi connectivity index (χ0) is 16.8. The predicted octanol–water partition coefficient (Wildman–Crippen LogP) is 2.04. The van der Waals surface area contributed by atoms with E-state index in [0.717, 1.165) is 16.9 Å². The van der Waals surface area contributed by atoms with E-state index in [-0.39, 0.29) is 11.7 Å². The number of carboxylic acids is 1. The van der Waals surface area contributed by atoms with Gasteiger partial charge in [-0.05, 0) is 31.5 Å². The van der Waals surface area contributed by atoms with Gasteiger partial charge >= 0.3 is 5.97 Å². The molecule has 0 aliphatic heterocycles.